The van der Waals surface area contributed by atoms with E-state index < -0.39 is 0 Å². The summed E-state index contributed by atoms with van der Waals surface area (Å²) in [5.74, 6) is 0.239. The van der Waals surface area contributed by atoms with E-state index in [0.29, 0.717) is 12.8 Å². The molecular weight excluding hydrogens is 214 g/mol. The Morgan fingerprint density at radius 1 is 1.24 bits per heavy atom. The van der Waals surface area contributed by atoms with Gasteiger partial charge in [-0.2, -0.15) is 0 Å². The summed E-state index contributed by atoms with van der Waals surface area (Å²) in [4.78, 5) is 25.8. The maximum absolute atomic E-state index is 12.3. The van der Waals surface area contributed by atoms with Crippen molar-refractivity contribution < 1.29 is 9.59 Å². The van der Waals surface area contributed by atoms with Crippen LogP contribution in [0.15, 0.2) is 36.9 Å². The summed E-state index contributed by atoms with van der Waals surface area (Å²) in [6.45, 7) is 3.73. The highest BCUT2D eigenvalue weighted by atomic mass is 16.2. The summed E-state index contributed by atoms with van der Waals surface area (Å²) in [7, 11) is 0. The summed E-state index contributed by atoms with van der Waals surface area (Å²) in [6.07, 6.45) is 2.54. The molecule has 3 nitrogen and oxygen atoms in total. The Hall–Kier alpha value is -1.90. The summed E-state index contributed by atoms with van der Waals surface area (Å²) in [5.41, 5.74) is 1.72. The molecule has 1 aromatic carbocycles. The topological polar surface area (TPSA) is 37.4 Å². The number of ketones is 1. The molecule has 0 unspecified atom stereocenters. The molecule has 2 aliphatic heterocycles. The maximum Gasteiger partial charge on any atom is 0.255 e. The number of Topliss-reactive ketones (excluding diaryl/α,β-unsaturated/α-hetero) is 1. The minimum absolute atomic E-state index is 0.0306. The number of amides is 1. The third-order valence-electron chi connectivity index (χ3n) is 3.61. The van der Waals surface area contributed by atoms with Crippen molar-refractivity contribution in [1.82, 2.24) is 4.90 Å². The molecule has 1 amide bonds. The molecular formula is C14H13NO2. The fourth-order valence-corrected chi connectivity index (χ4v) is 2.83. The van der Waals surface area contributed by atoms with Crippen molar-refractivity contribution in [3.05, 3.63) is 48.0 Å². The zero-order valence-corrected chi connectivity index (χ0v) is 9.43. The van der Waals surface area contributed by atoms with Crippen LogP contribution < -0.4 is 0 Å². The van der Waals surface area contributed by atoms with E-state index in [1.54, 1.807) is 11.0 Å². The zero-order chi connectivity index (χ0) is 12.0. The molecule has 1 aromatic rings. The van der Waals surface area contributed by atoms with Crippen LogP contribution in [-0.2, 0) is 4.79 Å². The van der Waals surface area contributed by atoms with Gasteiger partial charge in [0.2, 0.25) is 0 Å². The number of benzene rings is 1. The van der Waals surface area contributed by atoms with Gasteiger partial charge < -0.3 is 4.90 Å². The fourth-order valence-electron chi connectivity index (χ4n) is 2.83. The molecule has 0 N–H and O–H groups in total. The van der Waals surface area contributed by atoms with Crippen molar-refractivity contribution in [2.45, 2.75) is 24.9 Å². The lowest BCUT2D eigenvalue weighted by Crippen LogP contribution is -2.43. The monoisotopic (exact) mass is 227 g/mol. The molecule has 0 spiro atoms. The van der Waals surface area contributed by atoms with Gasteiger partial charge in [-0.05, 0) is 11.6 Å². The first-order valence-electron chi connectivity index (χ1n) is 5.78. The Labute approximate surface area is 99.7 Å². The number of carbonyl (C=O) groups excluding carboxylic acids is 2. The summed E-state index contributed by atoms with van der Waals surface area (Å²) in [6, 6.07) is 7.32. The fraction of sp³-hybridized carbons (Fsp3) is 0.286. The third-order valence-corrected chi connectivity index (χ3v) is 3.61. The van der Waals surface area contributed by atoms with E-state index in [0.717, 1.165) is 11.1 Å². The van der Waals surface area contributed by atoms with Gasteiger partial charge in [-0.1, -0.05) is 24.3 Å². The standard InChI is InChI=1S/C14H13NO2/c1-2-9-7-10(16)8-13-11-5-3-4-6-12(11)14(17)15(9)13/h2-6,9,13H,1,7-8H2/t9-,13+/m1/s1. The van der Waals surface area contributed by atoms with Gasteiger partial charge in [0.1, 0.15) is 5.78 Å². The Morgan fingerprint density at radius 2 is 2.00 bits per heavy atom. The van der Waals surface area contributed by atoms with Crippen molar-refractivity contribution >= 4 is 11.7 Å². The lowest BCUT2D eigenvalue weighted by Gasteiger charge is -2.35. The van der Waals surface area contributed by atoms with Gasteiger partial charge in [-0.25, -0.2) is 0 Å². The molecule has 0 aromatic heterocycles. The number of piperidine rings is 1. The molecule has 86 valence electrons. The summed E-state index contributed by atoms with van der Waals surface area (Å²) >= 11 is 0. The lowest BCUT2D eigenvalue weighted by atomic mass is 9.92. The van der Waals surface area contributed by atoms with Gasteiger partial charge in [0, 0.05) is 18.4 Å². The second-order valence-corrected chi connectivity index (χ2v) is 4.57. The Kier molecular flexibility index (Phi) is 2.15. The minimum Gasteiger partial charge on any atom is -0.324 e. The smallest absolute Gasteiger partial charge is 0.255 e. The molecule has 17 heavy (non-hydrogen) atoms. The first-order valence-corrected chi connectivity index (χ1v) is 5.78. The van der Waals surface area contributed by atoms with Crippen LogP contribution in [0.2, 0.25) is 0 Å². The molecule has 0 aliphatic carbocycles. The van der Waals surface area contributed by atoms with Gasteiger partial charge in [0.15, 0.2) is 0 Å². The van der Waals surface area contributed by atoms with E-state index in [9.17, 15) is 9.59 Å². The number of rotatable bonds is 1. The number of hydrogen-bond acceptors (Lipinski definition) is 2. The highest BCUT2D eigenvalue weighted by molar-refractivity contribution is 6.01. The quantitative estimate of drug-likeness (QED) is 0.689. The molecule has 1 fully saturated rings. The van der Waals surface area contributed by atoms with Crippen LogP contribution in [0.25, 0.3) is 0 Å². The van der Waals surface area contributed by atoms with Crippen molar-refractivity contribution in [3.63, 3.8) is 0 Å². The third kappa shape index (κ3) is 1.35. The average molecular weight is 227 g/mol. The van der Waals surface area contributed by atoms with Crippen LogP contribution in [0.5, 0.6) is 0 Å². The molecule has 3 heteroatoms. The van der Waals surface area contributed by atoms with Crippen LogP contribution in [0.3, 0.4) is 0 Å². The molecule has 0 saturated carbocycles. The molecule has 0 bridgehead atoms. The normalized spacial score (nSPS) is 26.7. The van der Waals surface area contributed by atoms with Crippen LogP contribution in [0.4, 0.5) is 0 Å². The average Bonchev–Trinajstić information content (AvgIpc) is 2.63. The van der Waals surface area contributed by atoms with Crippen molar-refractivity contribution in [2.75, 3.05) is 0 Å². The molecule has 1 saturated heterocycles. The van der Waals surface area contributed by atoms with E-state index in [4.69, 9.17) is 0 Å². The largest absolute Gasteiger partial charge is 0.324 e. The maximum atomic E-state index is 12.3. The highest BCUT2D eigenvalue weighted by Gasteiger charge is 2.43. The van der Waals surface area contributed by atoms with Gasteiger partial charge in [-0.15, -0.1) is 6.58 Å². The number of carbonyl (C=O) groups is 2. The molecule has 3 rings (SSSR count). The minimum atomic E-state index is -0.152. The molecule has 2 heterocycles. The van der Waals surface area contributed by atoms with Gasteiger partial charge >= 0.3 is 0 Å². The molecule has 2 atom stereocenters. The predicted molar refractivity (Wildman–Crippen MR) is 63.6 cm³/mol. The van der Waals surface area contributed by atoms with E-state index in [-0.39, 0.29) is 23.8 Å². The van der Waals surface area contributed by atoms with E-state index >= 15 is 0 Å². The number of nitrogens with zero attached hydrogens (tertiary/aromatic N) is 1. The van der Waals surface area contributed by atoms with Gasteiger partial charge in [0.05, 0.1) is 12.1 Å². The van der Waals surface area contributed by atoms with Crippen LogP contribution >= 0.6 is 0 Å². The van der Waals surface area contributed by atoms with Crippen molar-refractivity contribution in [1.29, 1.82) is 0 Å². The molecule has 2 aliphatic rings. The first kappa shape index (κ1) is 10.3. The van der Waals surface area contributed by atoms with E-state index in [2.05, 4.69) is 6.58 Å². The Bertz CT molecular complexity index is 521. The van der Waals surface area contributed by atoms with Crippen LogP contribution in [0.1, 0.15) is 34.8 Å². The van der Waals surface area contributed by atoms with E-state index in [1.807, 2.05) is 24.3 Å². The summed E-state index contributed by atoms with van der Waals surface area (Å²) in [5, 5.41) is 0. The van der Waals surface area contributed by atoms with Crippen LogP contribution in [0, 0.1) is 0 Å². The van der Waals surface area contributed by atoms with Crippen molar-refractivity contribution in [2.24, 2.45) is 0 Å². The number of fused-ring (bicyclic) bond motifs is 3. The molecule has 0 radical (unpaired) electrons. The zero-order valence-electron chi connectivity index (χ0n) is 9.43. The summed E-state index contributed by atoms with van der Waals surface area (Å²) < 4.78 is 0. The second kappa shape index (κ2) is 3.55. The Balaban J connectivity index is 2.11. The van der Waals surface area contributed by atoms with E-state index in [1.165, 1.54) is 0 Å². The van der Waals surface area contributed by atoms with Gasteiger partial charge in [-0.3, -0.25) is 9.59 Å². The number of hydrogen-bond donors (Lipinski definition) is 0. The predicted octanol–water partition coefficient (Wildman–Crippen LogP) is 2.10. The SMILES string of the molecule is C=C[C@@H]1CC(=O)C[C@H]2c3ccccc3C(=O)N12. The Morgan fingerprint density at radius 3 is 2.76 bits per heavy atom. The second-order valence-electron chi connectivity index (χ2n) is 4.57. The first-order chi connectivity index (χ1) is 8.22. The highest BCUT2D eigenvalue weighted by Crippen LogP contribution is 2.41. The van der Waals surface area contributed by atoms with Crippen molar-refractivity contribution in [3.8, 4) is 0 Å². The lowest BCUT2D eigenvalue weighted by molar-refractivity contribution is -0.123. The van der Waals surface area contributed by atoms with Gasteiger partial charge in [0.25, 0.3) is 5.91 Å². The van der Waals surface area contributed by atoms with Crippen LogP contribution in [-0.4, -0.2) is 22.6 Å².